The Kier molecular flexibility index (Phi) is 4.47. The van der Waals surface area contributed by atoms with Gasteiger partial charge in [-0.2, -0.15) is 8.42 Å². The second kappa shape index (κ2) is 6.81. The number of para-hydroxylation sites is 1. The molecule has 0 unspecified atom stereocenters. The Morgan fingerprint density at radius 2 is 1.85 bits per heavy atom. The fourth-order valence-corrected chi connectivity index (χ4v) is 4.90. The number of anilines is 1. The average molecular weight is 383 g/mol. The van der Waals surface area contributed by atoms with Gasteiger partial charge in [0.1, 0.15) is 10.9 Å². The maximum atomic E-state index is 13.0. The van der Waals surface area contributed by atoms with Crippen LogP contribution in [-0.4, -0.2) is 37.6 Å². The minimum Gasteiger partial charge on any atom is -0.343 e. The monoisotopic (exact) mass is 383 g/mol. The van der Waals surface area contributed by atoms with Crippen LogP contribution in [-0.2, 0) is 14.8 Å². The zero-order valence-corrected chi connectivity index (χ0v) is 15.9. The third-order valence-corrected chi connectivity index (χ3v) is 6.42. The molecule has 27 heavy (non-hydrogen) atoms. The SMILES string of the molecule is Cc1ccccc1NC(=O)[C@@H]1CCCCN1C1=NS(=O)(=O)c2ccccc21. The van der Waals surface area contributed by atoms with Gasteiger partial charge in [0.05, 0.1) is 0 Å². The van der Waals surface area contributed by atoms with E-state index in [-0.39, 0.29) is 10.8 Å². The van der Waals surface area contributed by atoms with Crippen molar-refractivity contribution in [1.82, 2.24) is 4.90 Å². The van der Waals surface area contributed by atoms with Crippen LogP contribution in [0.25, 0.3) is 0 Å². The van der Waals surface area contributed by atoms with E-state index in [2.05, 4.69) is 9.71 Å². The van der Waals surface area contributed by atoms with E-state index in [1.54, 1.807) is 24.3 Å². The van der Waals surface area contributed by atoms with Crippen molar-refractivity contribution in [2.45, 2.75) is 37.1 Å². The summed E-state index contributed by atoms with van der Waals surface area (Å²) in [6.45, 7) is 2.55. The molecule has 1 saturated heterocycles. The lowest BCUT2D eigenvalue weighted by atomic mass is 9.99. The summed E-state index contributed by atoms with van der Waals surface area (Å²) in [6, 6.07) is 14.0. The molecule has 1 atom stereocenters. The number of hydrogen-bond acceptors (Lipinski definition) is 4. The van der Waals surface area contributed by atoms with E-state index >= 15 is 0 Å². The number of amidine groups is 1. The molecule has 2 heterocycles. The summed E-state index contributed by atoms with van der Waals surface area (Å²) in [5, 5.41) is 2.99. The lowest BCUT2D eigenvalue weighted by Gasteiger charge is -2.36. The predicted molar refractivity (Wildman–Crippen MR) is 104 cm³/mol. The lowest BCUT2D eigenvalue weighted by molar-refractivity contribution is -0.120. The highest BCUT2D eigenvalue weighted by molar-refractivity contribution is 7.90. The fourth-order valence-electron chi connectivity index (χ4n) is 3.68. The molecule has 2 aromatic carbocycles. The van der Waals surface area contributed by atoms with Gasteiger partial charge in [0.25, 0.3) is 10.0 Å². The minimum atomic E-state index is -3.70. The molecule has 0 aliphatic carbocycles. The average Bonchev–Trinajstić information content (AvgIpc) is 2.95. The molecular formula is C20H21N3O3S. The first-order valence-corrected chi connectivity index (χ1v) is 10.5. The molecule has 7 heteroatoms. The number of nitrogens with one attached hydrogen (secondary N) is 1. The lowest BCUT2D eigenvalue weighted by Crippen LogP contribution is -2.50. The Balaban J connectivity index is 1.66. The van der Waals surface area contributed by atoms with Gasteiger partial charge in [0, 0.05) is 17.8 Å². The number of hydrogen-bond donors (Lipinski definition) is 1. The quantitative estimate of drug-likeness (QED) is 0.865. The van der Waals surface area contributed by atoms with Crippen LogP contribution in [0.3, 0.4) is 0 Å². The molecule has 0 bridgehead atoms. The maximum Gasteiger partial charge on any atom is 0.285 e. The highest BCUT2D eigenvalue weighted by atomic mass is 32.2. The summed E-state index contributed by atoms with van der Waals surface area (Å²) in [5.74, 6) is 0.253. The summed E-state index contributed by atoms with van der Waals surface area (Å²) in [5.41, 5.74) is 2.34. The highest BCUT2D eigenvalue weighted by Gasteiger charge is 2.37. The van der Waals surface area contributed by atoms with E-state index in [0.717, 1.165) is 24.1 Å². The third-order valence-electron chi connectivity index (χ3n) is 5.09. The Hall–Kier alpha value is -2.67. The number of rotatable bonds is 2. The molecular weight excluding hydrogens is 362 g/mol. The molecule has 0 radical (unpaired) electrons. The van der Waals surface area contributed by atoms with Crippen molar-refractivity contribution in [3.63, 3.8) is 0 Å². The number of aryl methyl sites for hydroxylation is 1. The highest BCUT2D eigenvalue weighted by Crippen LogP contribution is 2.31. The van der Waals surface area contributed by atoms with Crippen molar-refractivity contribution in [2.75, 3.05) is 11.9 Å². The molecule has 1 fully saturated rings. The van der Waals surface area contributed by atoms with E-state index in [9.17, 15) is 13.2 Å². The second-order valence-electron chi connectivity index (χ2n) is 6.90. The molecule has 6 nitrogen and oxygen atoms in total. The Morgan fingerprint density at radius 1 is 1.11 bits per heavy atom. The molecule has 140 valence electrons. The molecule has 2 aliphatic heterocycles. The van der Waals surface area contributed by atoms with E-state index < -0.39 is 16.1 Å². The first-order valence-electron chi connectivity index (χ1n) is 9.05. The van der Waals surface area contributed by atoms with Crippen LogP contribution in [0.4, 0.5) is 5.69 Å². The van der Waals surface area contributed by atoms with Gasteiger partial charge >= 0.3 is 0 Å². The standard InChI is InChI=1S/C20H21N3O3S/c1-14-8-2-4-10-16(14)21-20(24)17-11-6-7-13-23(17)19-15-9-3-5-12-18(15)27(25,26)22-19/h2-5,8-10,12,17H,6-7,11,13H2,1H3,(H,21,24)/t17-/m0/s1. The molecule has 2 aromatic rings. The fraction of sp³-hybridized carbons (Fsp3) is 0.300. The smallest absolute Gasteiger partial charge is 0.285 e. The summed E-state index contributed by atoms with van der Waals surface area (Å²) >= 11 is 0. The van der Waals surface area contributed by atoms with Gasteiger partial charge < -0.3 is 10.2 Å². The van der Waals surface area contributed by atoms with Gasteiger partial charge in [-0.15, -0.1) is 4.40 Å². The number of likely N-dealkylation sites (tertiary alicyclic amines) is 1. The summed E-state index contributed by atoms with van der Waals surface area (Å²) < 4.78 is 28.8. The van der Waals surface area contributed by atoms with Gasteiger partial charge in [0.2, 0.25) is 5.91 Å². The van der Waals surface area contributed by atoms with Gasteiger partial charge in [-0.1, -0.05) is 30.3 Å². The van der Waals surface area contributed by atoms with Crippen LogP contribution in [0.5, 0.6) is 0 Å². The summed E-state index contributed by atoms with van der Waals surface area (Å²) in [4.78, 5) is 15.1. The van der Waals surface area contributed by atoms with Gasteiger partial charge in [-0.3, -0.25) is 4.79 Å². The van der Waals surface area contributed by atoms with Crippen molar-refractivity contribution in [3.05, 3.63) is 59.7 Å². The predicted octanol–water partition coefficient (Wildman–Crippen LogP) is 2.94. The first-order chi connectivity index (χ1) is 13.0. The van der Waals surface area contributed by atoms with Gasteiger partial charge in [-0.05, 0) is 49.9 Å². The zero-order valence-electron chi connectivity index (χ0n) is 15.1. The molecule has 0 aromatic heterocycles. The van der Waals surface area contributed by atoms with Crippen molar-refractivity contribution in [3.8, 4) is 0 Å². The van der Waals surface area contributed by atoms with Crippen molar-refractivity contribution < 1.29 is 13.2 Å². The van der Waals surface area contributed by atoms with E-state index in [1.807, 2.05) is 36.1 Å². The number of carbonyl (C=O) groups excluding carboxylic acids is 1. The van der Waals surface area contributed by atoms with E-state index in [4.69, 9.17) is 0 Å². The molecule has 1 amide bonds. The number of benzene rings is 2. The third kappa shape index (κ3) is 3.23. The molecule has 2 aliphatic rings. The van der Waals surface area contributed by atoms with Crippen LogP contribution in [0, 0.1) is 6.92 Å². The number of nitrogens with zero attached hydrogens (tertiary/aromatic N) is 2. The second-order valence-corrected chi connectivity index (χ2v) is 8.47. The molecule has 0 spiro atoms. The summed E-state index contributed by atoms with van der Waals surface area (Å²) in [6.07, 6.45) is 2.48. The van der Waals surface area contributed by atoms with E-state index in [0.29, 0.717) is 24.4 Å². The first kappa shape index (κ1) is 17.7. The van der Waals surface area contributed by atoms with Crippen LogP contribution in [0.1, 0.15) is 30.4 Å². The topological polar surface area (TPSA) is 78.8 Å². The van der Waals surface area contributed by atoms with Crippen LogP contribution in [0.2, 0.25) is 0 Å². The maximum absolute atomic E-state index is 13.0. The number of piperidine rings is 1. The van der Waals surface area contributed by atoms with Gasteiger partial charge in [0.15, 0.2) is 5.84 Å². The van der Waals surface area contributed by atoms with Crippen molar-refractivity contribution >= 4 is 27.5 Å². The summed E-state index contributed by atoms with van der Waals surface area (Å²) in [7, 11) is -3.70. The van der Waals surface area contributed by atoms with Crippen LogP contribution in [0.15, 0.2) is 57.8 Å². The van der Waals surface area contributed by atoms with E-state index in [1.165, 1.54) is 0 Å². The molecule has 1 N–H and O–H groups in total. The zero-order chi connectivity index (χ0) is 19.0. The molecule has 4 rings (SSSR count). The van der Waals surface area contributed by atoms with Crippen molar-refractivity contribution in [1.29, 1.82) is 0 Å². The largest absolute Gasteiger partial charge is 0.343 e. The Bertz CT molecular complexity index is 1030. The number of carbonyl (C=O) groups is 1. The minimum absolute atomic E-state index is 0.131. The number of fused-ring (bicyclic) bond motifs is 1. The normalized spacial score (nSPS) is 20.7. The Morgan fingerprint density at radius 3 is 2.67 bits per heavy atom. The van der Waals surface area contributed by atoms with Crippen LogP contribution < -0.4 is 5.32 Å². The van der Waals surface area contributed by atoms with Crippen molar-refractivity contribution in [2.24, 2.45) is 4.40 Å². The molecule has 0 saturated carbocycles. The number of sulfonamides is 1. The van der Waals surface area contributed by atoms with Gasteiger partial charge in [-0.25, -0.2) is 0 Å². The number of amides is 1. The van der Waals surface area contributed by atoms with Crippen LogP contribution >= 0.6 is 0 Å². The Labute approximate surface area is 159 Å².